The summed E-state index contributed by atoms with van der Waals surface area (Å²) in [6.07, 6.45) is 2.05. The first-order valence-electron chi connectivity index (χ1n) is 4.41. The standard InChI is InChI=1S/C7H12N4O2S/c1-11-5-9-10-7(11)14(12,13)6-2-3-8-4-6/h5-6,8H,2-4H2,1H3/t6-/m1/s1. The molecule has 0 saturated carbocycles. The maximum absolute atomic E-state index is 12.0. The summed E-state index contributed by atoms with van der Waals surface area (Å²) in [4.78, 5) is 0. The predicted molar refractivity (Wildman–Crippen MR) is 49.5 cm³/mol. The summed E-state index contributed by atoms with van der Waals surface area (Å²) in [6, 6.07) is 0. The second kappa shape index (κ2) is 3.32. The SMILES string of the molecule is Cn1cnnc1S(=O)(=O)[C@@H]1CCNC1. The number of hydrogen-bond donors (Lipinski definition) is 1. The normalized spacial score (nSPS) is 22.8. The second-order valence-corrected chi connectivity index (χ2v) is 5.51. The van der Waals surface area contributed by atoms with Crippen LogP contribution < -0.4 is 5.32 Å². The van der Waals surface area contributed by atoms with E-state index in [1.807, 2.05) is 0 Å². The van der Waals surface area contributed by atoms with Crippen LogP contribution in [0.15, 0.2) is 11.5 Å². The fourth-order valence-electron chi connectivity index (χ4n) is 1.57. The molecule has 14 heavy (non-hydrogen) atoms. The summed E-state index contributed by atoms with van der Waals surface area (Å²) >= 11 is 0. The smallest absolute Gasteiger partial charge is 0.249 e. The molecule has 1 atom stereocenters. The minimum atomic E-state index is -3.30. The van der Waals surface area contributed by atoms with Gasteiger partial charge in [0.25, 0.3) is 0 Å². The molecule has 1 aromatic heterocycles. The van der Waals surface area contributed by atoms with Crippen molar-refractivity contribution in [2.75, 3.05) is 13.1 Å². The lowest BCUT2D eigenvalue weighted by Gasteiger charge is -2.08. The van der Waals surface area contributed by atoms with Crippen LogP contribution in [0.25, 0.3) is 0 Å². The van der Waals surface area contributed by atoms with Gasteiger partial charge < -0.3 is 9.88 Å². The molecule has 6 nitrogen and oxygen atoms in total. The molecule has 2 heterocycles. The van der Waals surface area contributed by atoms with Crippen molar-refractivity contribution in [2.24, 2.45) is 7.05 Å². The number of rotatable bonds is 2. The third kappa shape index (κ3) is 1.42. The minimum absolute atomic E-state index is 0.0613. The number of hydrogen-bond acceptors (Lipinski definition) is 5. The van der Waals surface area contributed by atoms with E-state index < -0.39 is 9.84 Å². The summed E-state index contributed by atoms with van der Waals surface area (Å²) in [5.74, 6) is 0. The van der Waals surface area contributed by atoms with E-state index in [0.29, 0.717) is 13.0 Å². The Balaban J connectivity index is 2.37. The van der Waals surface area contributed by atoms with Crippen LogP contribution in [0.2, 0.25) is 0 Å². The first kappa shape index (κ1) is 9.60. The highest BCUT2D eigenvalue weighted by molar-refractivity contribution is 7.91. The van der Waals surface area contributed by atoms with Gasteiger partial charge >= 0.3 is 0 Å². The van der Waals surface area contributed by atoms with E-state index in [4.69, 9.17) is 0 Å². The Morgan fingerprint density at radius 3 is 2.93 bits per heavy atom. The van der Waals surface area contributed by atoms with Crippen LogP contribution >= 0.6 is 0 Å². The molecule has 0 aliphatic carbocycles. The third-order valence-corrected chi connectivity index (χ3v) is 4.54. The van der Waals surface area contributed by atoms with Gasteiger partial charge in [-0.1, -0.05) is 0 Å². The fourth-order valence-corrected chi connectivity index (χ4v) is 3.25. The number of sulfone groups is 1. The lowest BCUT2D eigenvalue weighted by molar-refractivity contribution is 0.565. The molecule has 1 aliphatic rings. The highest BCUT2D eigenvalue weighted by atomic mass is 32.2. The molecule has 1 N–H and O–H groups in total. The molecule has 1 fully saturated rings. The van der Waals surface area contributed by atoms with Gasteiger partial charge in [0.15, 0.2) is 0 Å². The summed E-state index contributed by atoms with van der Waals surface area (Å²) in [6.45, 7) is 1.26. The number of nitrogens with one attached hydrogen (secondary N) is 1. The van der Waals surface area contributed by atoms with E-state index in [2.05, 4.69) is 15.5 Å². The van der Waals surface area contributed by atoms with Crippen LogP contribution in [-0.2, 0) is 16.9 Å². The molecule has 1 aliphatic heterocycles. The molecule has 0 radical (unpaired) electrons. The maximum atomic E-state index is 12.0. The van der Waals surface area contributed by atoms with E-state index in [1.54, 1.807) is 7.05 Å². The van der Waals surface area contributed by atoms with Crippen molar-refractivity contribution in [2.45, 2.75) is 16.8 Å². The Kier molecular flexibility index (Phi) is 2.28. The van der Waals surface area contributed by atoms with Crippen LogP contribution in [0.5, 0.6) is 0 Å². The molecule has 1 saturated heterocycles. The van der Waals surface area contributed by atoms with E-state index in [1.165, 1.54) is 10.9 Å². The summed E-state index contributed by atoms with van der Waals surface area (Å²) < 4.78 is 25.3. The van der Waals surface area contributed by atoms with Gasteiger partial charge in [-0.15, -0.1) is 10.2 Å². The largest absolute Gasteiger partial charge is 0.315 e. The van der Waals surface area contributed by atoms with Crippen molar-refractivity contribution >= 4 is 9.84 Å². The van der Waals surface area contributed by atoms with Gasteiger partial charge in [-0.2, -0.15) is 0 Å². The predicted octanol–water partition coefficient (Wildman–Crippen LogP) is -1.05. The van der Waals surface area contributed by atoms with E-state index in [-0.39, 0.29) is 10.4 Å². The van der Waals surface area contributed by atoms with Crippen molar-refractivity contribution in [3.8, 4) is 0 Å². The Morgan fingerprint density at radius 1 is 1.64 bits per heavy atom. The highest BCUT2D eigenvalue weighted by Crippen LogP contribution is 2.17. The van der Waals surface area contributed by atoms with Crippen molar-refractivity contribution in [3.05, 3.63) is 6.33 Å². The van der Waals surface area contributed by atoms with Crippen molar-refractivity contribution in [3.63, 3.8) is 0 Å². The topological polar surface area (TPSA) is 76.9 Å². The first-order valence-corrected chi connectivity index (χ1v) is 5.95. The molecule has 1 aromatic rings. The van der Waals surface area contributed by atoms with Crippen molar-refractivity contribution in [1.82, 2.24) is 20.1 Å². The van der Waals surface area contributed by atoms with Crippen LogP contribution in [0, 0.1) is 0 Å². The molecule has 2 rings (SSSR count). The Hall–Kier alpha value is -0.950. The molecule has 0 amide bonds. The van der Waals surface area contributed by atoms with Crippen LogP contribution in [-0.4, -0.2) is 41.5 Å². The zero-order chi connectivity index (χ0) is 10.2. The Labute approximate surface area is 82.3 Å². The number of nitrogens with zero attached hydrogens (tertiary/aromatic N) is 3. The Bertz CT molecular complexity index is 419. The lowest BCUT2D eigenvalue weighted by Crippen LogP contribution is -2.26. The van der Waals surface area contributed by atoms with Gasteiger partial charge in [0.1, 0.15) is 6.33 Å². The van der Waals surface area contributed by atoms with E-state index >= 15 is 0 Å². The van der Waals surface area contributed by atoms with Gasteiger partial charge in [0, 0.05) is 13.6 Å². The quantitative estimate of drug-likeness (QED) is 0.682. The van der Waals surface area contributed by atoms with Gasteiger partial charge in [-0.05, 0) is 13.0 Å². The summed E-state index contributed by atoms with van der Waals surface area (Å²) in [5, 5.41) is 9.93. The zero-order valence-corrected chi connectivity index (χ0v) is 8.66. The summed E-state index contributed by atoms with van der Waals surface area (Å²) in [5.41, 5.74) is 0. The first-order chi connectivity index (χ1) is 6.62. The molecular weight excluding hydrogens is 204 g/mol. The third-order valence-electron chi connectivity index (χ3n) is 2.38. The fraction of sp³-hybridized carbons (Fsp3) is 0.714. The Morgan fingerprint density at radius 2 is 2.43 bits per heavy atom. The van der Waals surface area contributed by atoms with Crippen LogP contribution in [0.1, 0.15) is 6.42 Å². The molecule has 78 valence electrons. The van der Waals surface area contributed by atoms with Gasteiger partial charge in [0.2, 0.25) is 15.0 Å². The highest BCUT2D eigenvalue weighted by Gasteiger charge is 2.33. The van der Waals surface area contributed by atoms with Gasteiger partial charge in [0.05, 0.1) is 5.25 Å². The maximum Gasteiger partial charge on any atom is 0.249 e. The number of aryl methyl sites for hydroxylation is 1. The minimum Gasteiger partial charge on any atom is -0.315 e. The van der Waals surface area contributed by atoms with Crippen molar-refractivity contribution < 1.29 is 8.42 Å². The van der Waals surface area contributed by atoms with Gasteiger partial charge in [-0.3, -0.25) is 0 Å². The molecule has 0 bridgehead atoms. The second-order valence-electron chi connectivity index (χ2n) is 3.38. The van der Waals surface area contributed by atoms with E-state index in [9.17, 15) is 8.42 Å². The van der Waals surface area contributed by atoms with E-state index in [0.717, 1.165) is 6.54 Å². The average molecular weight is 216 g/mol. The van der Waals surface area contributed by atoms with Crippen molar-refractivity contribution in [1.29, 1.82) is 0 Å². The number of aromatic nitrogens is 3. The molecule has 7 heteroatoms. The average Bonchev–Trinajstić information content (AvgIpc) is 2.72. The molecule has 0 unspecified atom stereocenters. The van der Waals surface area contributed by atoms with Gasteiger partial charge in [-0.25, -0.2) is 8.42 Å². The molecule has 0 aromatic carbocycles. The monoisotopic (exact) mass is 216 g/mol. The molecular formula is C7H12N4O2S. The summed E-state index contributed by atoms with van der Waals surface area (Å²) in [7, 11) is -1.66. The lowest BCUT2D eigenvalue weighted by atomic mass is 10.4. The van der Waals surface area contributed by atoms with Crippen LogP contribution in [0.4, 0.5) is 0 Å². The van der Waals surface area contributed by atoms with Crippen LogP contribution in [0.3, 0.4) is 0 Å². The zero-order valence-electron chi connectivity index (χ0n) is 7.84. The molecule has 0 spiro atoms.